The number of carbonyl (C=O) groups is 1. The molecule has 0 atom stereocenters. The highest BCUT2D eigenvalue weighted by Crippen LogP contribution is 2.28. The molecule has 0 saturated carbocycles. The van der Waals surface area contributed by atoms with Crippen molar-refractivity contribution < 1.29 is 18.7 Å². The predicted molar refractivity (Wildman–Crippen MR) is 158 cm³/mol. The highest BCUT2D eigenvalue weighted by molar-refractivity contribution is 5.89. The number of rotatable bonds is 8. The van der Waals surface area contributed by atoms with E-state index in [9.17, 15) is 4.79 Å². The number of hydrogen-bond donors (Lipinski definition) is 2. The van der Waals surface area contributed by atoms with Gasteiger partial charge in [0.2, 0.25) is 11.8 Å². The number of benzene rings is 2. The number of urea groups is 1. The smallest absolute Gasteiger partial charge is 0.320 e. The zero-order chi connectivity index (χ0) is 28.9. The van der Waals surface area contributed by atoms with E-state index in [1.54, 1.807) is 23.2 Å². The fraction of sp³-hybridized carbons (Fsp3) is 0.226. The number of anilines is 2. The second-order valence-electron chi connectivity index (χ2n) is 9.86. The molecule has 1 aliphatic rings. The molecule has 4 heterocycles. The van der Waals surface area contributed by atoms with E-state index in [1.807, 2.05) is 74.5 Å². The molecule has 6 rings (SSSR count). The number of amides is 2. The van der Waals surface area contributed by atoms with Gasteiger partial charge < -0.3 is 24.1 Å². The van der Waals surface area contributed by atoms with E-state index in [-0.39, 0.29) is 12.6 Å². The van der Waals surface area contributed by atoms with E-state index in [1.165, 1.54) is 0 Å². The minimum atomic E-state index is -0.384. The molecule has 5 aromatic rings. The van der Waals surface area contributed by atoms with Crippen molar-refractivity contribution in [1.29, 1.82) is 0 Å². The monoisotopic (exact) mass is 565 g/mol. The normalized spacial score (nSPS) is 13.1. The minimum Gasteiger partial charge on any atom is -0.469 e. The molecule has 0 unspecified atom stereocenters. The van der Waals surface area contributed by atoms with Gasteiger partial charge in [-0.1, -0.05) is 35.9 Å². The van der Waals surface area contributed by atoms with Gasteiger partial charge in [-0.25, -0.2) is 14.5 Å². The van der Waals surface area contributed by atoms with Crippen LogP contribution < -0.4 is 20.3 Å². The first-order valence-corrected chi connectivity index (χ1v) is 13.7. The molecular formula is C31H31N7O4. The number of hydrogen-bond acceptors (Lipinski definition) is 8. The maximum Gasteiger partial charge on any atom is 0.320 e. The van der Waals surface area contributed by atoms with Crippen molar-refractivity contribution in [2.24, 2.45) is 0 Å². The first-order valence-electron chi connectivity index (χ1n) is 13.7. The molecule has 1 saturated heterocycles. The van der Waals surface area contributed by atoms with Crippen LogP contribution in [0.3, 0.4) is 0 Å². The molecule has 3 aromatic heterocycles. The van der Waals surface area contributed by atoms with E-state index < -0.39 is 0 Å². The van der Waals surface area contributed by atoms with Crippen molar-refractivity contribution in [1.82, 2.24) is 25.1 Å². The number of carbonyl (C=O) groups excluding carboxylic acids is 1. The number of morpholine rings is 1. The van der Waals surface area contributed by atoms with Gasteiger partial charge in [0.25, 0.3) is 0 Å². The number of aromatic nitrogens is 4. The Morgan fingerprint density at radius 1 is 1.02 bits per heavy atom. The Balaban J connectivity index is 1.16. The van der Waals surface area contributed by atoms with Gasteiger partial charge in [0.15, 0.2) is 0 Å². The predicted octanol–water partition coefficient (Wildman–Crippen LogP) is 5.49. The Bertz CT molecular complexity index is 1670. The summed E-state index contributed by atoms with van der Waals surface area (Å²) in [7, 11) is 0. The second kappa shape index (κ2) is 12.1. The Hall–Kier alpha value is -5.16. The average Bonchev–Trinajstić information content (AvgIpc) is 3.63. The summed E-state index contributed by atoms with van der Waals surface area (Å²) in [4.78, 5) is 24.1. The molecule has 0 radical (unpaired) electrons. The summed E-state index contributed by atoms with van der Waals surface area (Å²) in [6, 6.07) is 20.5. The Morgan fingerprint density at radius 2 is 1.83 bits per heavy atom. The lowest BCUT2D eigenvalue weighted by Crippen LogP contribution is -2.37. The summed E-state index contributed by atoms with van der Waals surface area (Å²) in [6.07, 6.45) is 3.30. The molecule has 11 nitrogen and oxygen atoms in total. The fourth-order valence-electron chi connectivity index (χ4n) is 4.64. The maximum absolute atomic E-state index is 13.1. The van der Waals surface area contributed by atoms with Crippen molar-refractivity contribution >= 4 is 17.8 Å². The van der Waals surface area contributed by atoms with Crippen molar-refractivity contribution in [3.8, 4) is 28.6 Å². The molecule has 2 aromatic carbocycles. The van der Waals surface area contributed by atoms with Gasteiger partial charge >= 0.3 is 6.03 Å². The summed E-state index contributed by atoms with van der Waals surface area (Å²) in [5.74, 6) is 2.88. The van der Waals surface area contributed by atoms with Crippen LogP contribution in [0, 0.1) is 13.8 Å². The highest BCUT2D eigenvalue weighted by Gasteiger charge is 2.18. The van der Waals surface area contributed by atoms with E-state index in [4.69, 9.17) is 19.0 Å². The quantitative estimate of drug-likeness (QED) is 0.254. The van der Waals surface area contributed by atoms with E-state index in [0.29, 0.717) is 42.3 Å². The van der Waals surface area contributed by atoms with Crippen LogP contribution in [0.25, 0.3) is 16.9 Å². The largest absolute Gasteiger partial charge is 0.469 e. The zero-order valence-corrected chi connectivity index (χ0v) is 23.4. The van der Waals surface area contributed by atoms with Gasteiger partial charge in [-0.2, -0.15) is 10.1 Å². The van der Waals surface area contributed by atoms with E-state index in [0.717, 1.165) is 41.2 Å². The van der Waals surface area contributed by atoms with Crippen molar-refractivity contribution in [2.45, 2.75) is 20.4 Å². The van der Waals surface area contributed by atoms with Gasteiger partial charge in [0.1, 0.15) is 17.3 Å². The molecule has 214 valence electrons. The topological polar surface area (TPSA) is 120 Å². The SMILES string of the molecule is Cc1ccc(-n2nc(-c3ccoc3C)cc2NC(=O)NCc2ccccc2Oc2ccnc(N3CCOCC3)n2)cc1. The highest BCUT2D eigenvalue weighted by atomic mass is 16.5. The van der Waals surface area contributed by atoms with E-state index >= 15 is 0 Å². The molecule has 2 amide bonds. The Labute approximate surface area is 243 Å². The van der Waals surface area contributed by atoms with Crippen LogP contribution >= 0.6 is 0 Å². The minimum absolute atomic E-state index is 0.232. The number of aryl methyl sites for hydroxylation is 2. The third-order valence-electron chi connectivity index (χ3n) is 6.90. The number of furan rings is 1. The Kier molecular flexibility index (Phi) is 7.82. The summed E-state index contributed by atoms with van der Waals surface area (Å²) >= 11 is 0. The number of nitrogens with one attached hydrogen (secondary N) is 2. The third-order valence-corrected chi connectivity index (χ3v) is 6.90. The lowest BCUT2D eigenvalue weighted by atomic mass is 10.2. The van der Waals surface area contributed by atoms with Crippen LogP contribution in [0.15, 0.2) is 83.6 Å². The molecule has 0 aliphatic carbocycles. The Morgan fingerprint density at radius 3 is 2.62 bits per heavy atom. The van der Waals surface area contributed by atoms with Crippen LogP contribution in [-0.4, -0.2) is 52.1 Å². The van der Waals surface area contributed by atoms with Crippen LogP contribution in [0.1, 0.15) is 16.9 Å². The molecule has 1 aliphatic heterocycles. The van der Waals surface area contributed by atoms with Gasteiger partial charge in [0, 0.05) is 49.1 Å². The standard InChI is InChI=1S/C31H31N7O4/c1-21-7-9-24(10-8-21)38-28(19-26(36-38)25-12-16-41-22(25)2)34-31(39)33-20-23-5-3-4-6-27(23)42-29-11-13-32-30(35-29)37-14-17-40-18-15-37/h3-13,16,19H,14-15,17-18,20H2,1-2H3,(H2,33,34,39). The first-order chi connectivity index (χ1) is 20.5. The second-order valence-corrected chi connectivity index (χ2v) is 9.86. The molecule has 0 bridgehead atoms. The van der Waals surface area contributed by atoms with Crippen molar-refractivity contribution in [2.75, 3.05) is 36.5 Å². The average molecular weight is 566 g/mol. The fourth-order valence-corrected chi connectivity index (χ4v) is 4.64. The van der Waals surface area contributed by atoms with Crippen LogP contribution in [0.2, 0.25) is 0 Å². The lowest BCUT2D eigenvalue weighted by Gasteiger charge is -2.26. The number of nitrogens with zero attached hydrogens (tertiary/aromatic N) is 5. The number of para-hydroxylation sites is 1. The van der Waals surface area contributed by atoms with Gasteiger partial charge in [-0.3, -0.25) is 5.32 Å². The van der Waals surface area contributed by atoms with Crippen molar-refractivity contribution in [3.63, 3.8) is 0 Å². The van der Waals surface area contributed by atoms with Gasteiger partial charge in [0.05, 0.1) is 30.9 Å². The van der Waals surface area contributed by atoms with Gasteiger partial charge in [-0.15, -0.1) is 0 Å². The van der Waals surface area contributed by atoms with Crippen molar-refractivity contribution in [3.05, 3.63) is 96.1 Å². The molecule has 1 fully saturated rings. The van der Waals surface area contributed by atoms with Crippen LogP contribution in [-0.2, 0) is 11.3 Å². The van der Waals surface area contributed by atoms with E-state index in [2.05, 4.69) is 25.5 Å². The molecule has 2 N–H and O–H groups in total. The van der Waals surface area contributed by atoms with Crippen LogP contribution in [0.5, 0.6) is 11.6 Å². The molecule has 42 heavy (non-hydrogen) atoms. The third kappa shape index (κ3) is 6.11. The molecule has 11 heteroatoms. The summed E-state index contributed by atoms with van der Waals surface area (Å²) < 4.78 is 18.7. The maximum atomic E-state index is 13.1. The van der Waals surface area contributed by atoms with Crippen LogP contribution in [0.4, 0.5) is 16.6 Å². The summed E-state index contributed by atoms with van der Waals surface area (Å²) in [5, 5.41) is 10.6. The van der Waals surface area contributed by atoms with Gasteiger partial charge in [-0.05, 0) is 38.1 Å². The summed E-state index contributed by atoms with van der Waals surface area (Å²) in [5.41, 5.74) is 4.29. The first kappa shape index (κ1) is 27.0. The molecular weight excluding hydrogens is 534 g/mol. The number of ether oxygens (including phenoxy) is 2. The lowest BCUT2D eigenvalue weighted by molar-refractivity contribution is 0.122. The zero-order valence-electron chi connectivity index (χ0n) is 23.4. The molecule has 0 spiro atoms. The summed E-state index contributed by atoms with van der Waals surface area (Å²) in [6.45, 7) is 6.87.